The Morgan fingerprint density at radius 2 is 2.50 bits per heavy atom. The summed E-state index contributed by atoms with van der Waals surface area (Å²) in [5, 5.41) is 2.90. The summed E-state index contributed by atoms with van der Waals surface area (Å²) < 4.78 is 0. The van der Waals surface area contributed by atoms with Gasteiger partial charge in [-0.25, -0.2) is 0 Å². The number of nitrogens with one attached hydrogen (secondary N) is 1. The molecule has 1 aromatic rings. The van der Waals surface area contributed by atoms with Crippen molar-refractivity contribution in [1.29, 1.82) is 0 Å². The molecular formula is C15H24N4O. The van der Waals surface area contributed by atoms with Crippen LogP contribution in [0.15, 0.2) is 24.5 Å². The molecule has 5 nitrogen and oxygen atoms in total. The van der Waals surface area contributed by atoms with Gasteiger partial charge in [-0.1, -0.05) is 6.07 Å². The molecule has 0 aromatic carbocycles. The molecule has 0 saturated carbocycles. The molecule has 1 aliphatic heterocycles. The van der Waals surface area contributed by atoms with E-state index in [9.17, 15) is 4.79 Å². The largest absolute Gasteiger partial charge is 0.355 e. The van der Waals surface area contributed by atoms with Crippen molar-refractivity contribution < 1.29 is 4.79 Å². The van der Waals surface area contributed by atoms with Crippen LogP contribution in [0.2, 0.25) is 0 Å². The Hall–Kier alpha value is -1.46. The number of nitrogens with two attached hydrogens (primary N) is 1. The summed E-state index contributed by atoms with van der Waals surface area (Å²) in [4.78, 5) is 18.6. The minimum atomic E-state index is 0.0782. The molecule has 1 saturated heterocycles. The van der Waals surface area contributed by atoms with Crippen LogP contribution in [-0.2, 0) is 4.79 Å². The Bertz CT molecular complexity index is 423. The summed E-state index contributed by atoms with van der Waals surface area (Å²) in [5.41, 5.74) is 6.63. The van der Waals surface area contributed by atoms with Crippen LogP contribution in [-0.4, -0.2) is 42.0 Å². The first kappa shape index (κ1) is 14.9. The van der Waals surface area contributed by atoms with Gasteiger partial charge >= 0.3 is 0 Å². The van der Waals surface area contributed by atoms with Crippen LogP contribution in [0.1, 0.15) is 31.4 Å². The van der Waals surface area contributed by atoms with Crippen molar-refractivity contribution >= 4 is 5.91 Å². The molecule has 0 aliphatic carbocycles. The van der Waals surface area contributed by atoms with Crippen LogP contribution in [0.3, 0.4) is 0 Å². The molecular weight excluding hydrogens is 252 g/mol. The van der Waals surface area contributed by atoms with E-state index in [1.165, 1.54) is 5.56 Å². The first-order valence-corrected chi connectivity index (χ1v) is 7.34. The summed E-state index contributed by atoms with van der Waals surface area (Å²) in [6, 6.07) is 4.35. The highest BCUT2D eigenvalue weighted by atomic mass is 16.1. The number of piperidine rings is 1. The summed E-state index contributed by atoms with van der Waals surface area (Å²) in [5.74, 6) is 0.216. The Morgan fingerprint density at radius 1 is 1.65 bits per heavy atom. The Balaban J connectivity index is 1.94. The maximum absolute atomic E-state index is 12.1. The Morgan fingerprint density at radius 3 is 3.20 bits per heavy atom. The summed E-state index contributed by atoms with van der Waals surface area (Å²) >= 11 is 0. The average molecular weight is 276 g/mol. The number of likely N-dealkylation sites (tertiary alicyclic amines) is 1. The SMILES string of the molecule is CC(c1cccnc1)N1CCCC(C(=O)NCCN)C1. The zero-order chi connectivity index (χ0) is 14.4. The van der Waals surface area contributed by atoms with Crippen molar-refractivity contribution in [3.63, 3.8) is 0 Å². The fourth-order valence-electron chi connectivity index (χ4n) is 2.75. The molecule has 1 aromatic heterocycles. The number of rotatable bonds is 5. The molecule has 20 heavy (non-hydrogen) atoms. The predicted octanol–water partition coefficient (Wildman–Crippen LogP) is 0.930. The molecule has 1 amide bonds. The van der Waals surface area contributed by atoms with Crippen LogP contribution in [0, 0.1) is 5.92 Å². The second kappa shape index (κ2) is 7.36. The lowest BCUT2D eigenvalue weighted by molar-refractivity contribution is -0.126. The third-order valence-corrected chi connectivity index (χ3v) is 3.98. The summed E-state index contributed by atoms with van der Waals surface area (Å²) in [7, 11) is 0. The van der Waals surface area contributed by atoms with Crippen molar-refractivity contribution in [2.45, 2.75) is 25.8 Å². The standard InChI is InChI=1S/C15H24N4O/c1-12(13-4-2-7-17-10-13)19-9-3-5-14(11-19)15(20)18-8-6-16/h2,4,7,10,12,14H,3,5-6,8-9,11,16H2,1H3,(H,18,20). The normalized spacial score (nSPS) is 21.4. The molecule has 2 heterocycles. The highest BCUT2D eigenvalue weighted by Crippen LogP contribution is 2.26. The van der Waals surface area contributed by atoms with E-state index >= 15 is 0 Å². The van der Waals surface area contributed by atoms with Crippen LogP contribution in [0.25, 0.3) is 0 Å². The van der Waals surface area contributed by atoms with Gasteiger partial charge in [-0.3, -0.25) is 14.7 Å². The van der Waals surface area contributed by atoms with Crippen molar-refractivity contribution in [1.82, 2.24) is 15.2 Å². The van der Waals surface area contributed by atoms with Gasteiger partial charge in [-0.2, -0.15) is 0 Å². The van der Waals surface area contributed by atoms with E-state index in [0.717, 1.165) is 25.9 Å². The minimum absolute atomic E-state index is 0.0782. The van der Waals surface area contributed by atoms with Crippen LogP contribution in [0.5, 0.6) is 0 Å². The van der Waals surface area contributed by atoms with E-state index in [2.05, 4.69) is 28.2 Å². The van der Waals surface area contributed by atoms with Crippen LogP contribution < -0.4 is 11.1 Å². The second-order valence-electron chi connectivity index (χ2n) is 5.38. The zero-order valence-electron chi connectivity index (χ0n) is 12.1. The second-order valence-corrected chi connectivity index (χ2v) is 5.38. The number of hydrogen-bond donors (Lipinski definition) is 2. The summed E-state index contributed by atoms with van der Waals surface area (Å²) in [6.45, 7) is 5.09. The van der Waals surface area contributed by atoms with Gasteiger partial charge in [0.05, 0.1) is 5.92 Å². The van der Waals surface area contributed by atoms with Gasteiger partial charge in [0.1, 0.15) is 0 Å². The van der Waals surface area contributed by atoms with E-state index in [4.69, 9.17) is 5.73 Å². The molecule has 1 fully saturated rings. The number of nitrogens with zero attached hydrogens (tertiary/aromatic N) is 2. The molecule has 0 bridgehead atoms. The number of aromatic nitrogens is 1. The molecule has 0 radical (unpaired) electrons. The van der Waals surface area contributed by atoms with E-state index in [1.54, 1.807) is 6.20 Å². The van der Waals surface area contributed by atoms with E-state index < -0.39 is 0 Å². The molecule has 2 rings (SSSR count). The third-order valence-electron chi connectivity index (χ3n) is 3.98. The lowest BCUT2D eigenvalue weighted by atomic mass is 9.95. The fourth-order valence-corrected chi connectivity index (χ4v) is 2.75. The average Bonchev–Trinajstić information content (AvgIpc) is 2.52. The maximum Gasteiger partial charge on any atom is 0.224 e. The van der Waals surface area contributed by atoms with Gasteiger partial charge in [0.25, 0.3) is 0 Å². The van der Waals surface area contributed by atoms with Crippen LogP contribution in [0.4, 0.5) is 0 Å². The first-order valence-electron chi connectivity index (χ1n) is 7.34. The number of hydrogen-bond acceptors (Lipinski definition) is 4. The van der Waals surface area contributed by atoms with Gasteiger partial charge < -0.3 is 11.1 Å². The monoisotopic (exact) mass is 276 g/mol. The topological polar surface area (TPSA) is 71.2 Å². The van der Waals surface area contributed by atoms with Crippen LogP contribution >= 0.6 is 0 Å². The number of pyridine rings is 1. The van der Waals surface area contributed by atoms with E-state index in [0.29, 0.717) is 19.1 Å². The molecule has 1 aliphatic rings. The highest BCUT2D eigenvalue weighted by Gasteiger charge is 2.28. The third kappa shape index (κ3) is 3.77. The molecule has 3 N–H and O–H groups in total. The smallest absolute Gasteiger partial charge is 0.224 e. The molecule has 2 unspecified atom stereocenters. The summed E-state index contributed by atoms with van der Waals surface area (Å²) in [6.07, 6.45) is 5.72. The van der Waals surface area contributed by atoms with Crippen molar-refractivity contribution in [3.05, 3.63) is 30.1 Å². The number of carbonyl (C=O) groups is 1. The van der Waals surface area contributed by atoms with Gasteiger partial charge in [0.15, 0.2) is 0 Å². The molecule has 110 valence electrons. The van der Waals surface area contributed by atoms with Crippen molar-refractivity contribution in [2.24, 2.45) is 11.7 Å². The maximum atomic E-state index is 12.1. The van der Waals surface area contributed by atoms with Gasteiger partial charge in [0, 0.05) is 38.1 Å². The van der Waals surface area contributed by atoms with E-state index in [1.807, 2.05) is 12.3 Å². The Kier molecular flexibility index (Phi) is 5.49. The predicted molar refractivity (Wildman–Crippen MR) is 79.0 cm³/mol. The highest BCUT2D eigenvalue weighted by molar-refractivity contribution is 5.78. The quantitative estimate of drug-likeness (QED) is 0.839. The number of carbonyl (C=O) groups excluding carboxylic acids is 1. The van der Waals surface area contributed by atoms with Gasteiger partial charge in [0.2, 0.25) is 5.91 Å². The molecule has 2 atom stereocenters. The van der Waals surface area contributed by atoms with Gasteiger partial charge in [-0.05, 0) is 37.9 Å². The van der Waals surface area contributed by atoms with Crippen molar-refractivity contribution in [3.8, 4) is 0 Å². The lowest BCUT2D eigenvalue weighted by Gasteiger charge is -2.36. The minimum Gasteiger partial charge on any atom is -0.355 e. The molecule has 5 heteroatoms. The fraction of sp³-hybridized carbons (Fsp3) is 0.600. The Labute approximate surface area is 120 Å². The lowest BCUT2D eigenvalue weighted by Crippen LogP contribution is -2.44. The van der Waals surface area contributed by atoms with Crippen molar-refractivity contribution in [2.75, 3.05) is 26.2 Å². The number of amides is 1. The zero-order valence-corrected chi connectivity index (χ0v) is 12.1. The molecule has 0 spiro atoms. The first-order chi connectivity index (χ1) is 9.72. The van der Waals surface area contributed by atoms with Gasteiger partial charge in [-0.15, -0.1) is 0 Å². The van der Waals surface area contributed by atoms with E-state index in [-0.39, 0.29) is 11.8 Å².